The summed E-state index contributed by atoms with van der Waals surface area (Å²) >= 11 is 6.13. The summed E-state index contributed by atoms with van der Waals surface area (Å²) in [6.45, 7) is 1.85. The SMILES string of the molecule is COc1ccc(C(=O)N/C(=C\c2ccc(F)cc2)C(=O)Nc2ccc(C)c(Cl)c2)cc1. The van der Waals surface area contributed by atoms with Gasteiger partial charge in [-0.25, -0.2) is 4.39 Å². The Hall–Kier alpha value is -3.64. The second kappa shape index (κ2) is 9.91. The Morgan fingerprint density at radius 2 is 1.68 bits per heavy atom. The largest absolute Gasteiger partial charge is 0.497 e. The van der Waals surface area contributed by atoms with Gasteiger partial charge in [-0.3, -0.25) is 9.59 Å². The van der Waals surface area contributed by atoms with E-state index in [0.717, 1.165) is 5.56 Å². The molecule has 3 rings (SSSR count). The average molecular weight is 439 g/mol. The second-order valence-electron chi connectivity index (χ2n) is 6.71. The number of hydrogen-bond donors (Lipinski definition) is 2. The molecule has 158 valence electrons. The van der Waals surface area contributed by atoms with E-state index in [1.807, 2.05) is 6.92 Å². The monoisotopic (exact) mass is 438 g/mol. The molecule has 0 bridgehead atoms. The van der Waals surface area contributed by atoms with Crippen LogP contribution in [0.4, 0.5) is 10.1 Å². The van der Waals surface area contributed by atoms with Gasteiger partial charge in [-0.05, 0) is 72.7 Å². The van der Waals surface area contributed by atoms with Gasteiger partial charge in [0.2, 0.25) is 0 Å². The number of ether oxygens (including phenoxy) is 1. The maximum Gasteiger partial charge on any atom is 0.272 e. The molecule has 31 heavy (non-hydrogen) atoms. The van der Waals surface area contributed by atoms with Crippen LogP contribution in [0.5, 0.6) is 5.75 Å². The lowest BCUT2D eigenvalue weighted by molar-refractivity contribution is -0.113. The molecule has 0 saturated heterocycles. The molecule has 0 aliphatic heterocycles. The Balaban J connectivity index is 1.87. The molecular formula is C24H20ClFN2O3. The highest BCUT2D eigenvalue weighted by Crippen LogP contribution is 2.21. The Morgan fingerprint density at radius 3 is 2.29 bits per heavy atom. The van der Waals surface area contributed by atoms with Gasteiger partial charge in [0.05, 0.1) is 7.11 Å². The standard InChI is InChI=1S/C24H20ClFN2O3/c1-15-3-10-19(14-21(15)25)27-24(30)22(13-16-4-8-18(26)9-5-16)28-23(29)17-6-11-20(31-2)12-7-17/h3-14H,1-2H3,(H,27,30)(H,28,29)/b22-13-. The number of amides is 2. The van der Waals surface area contributed by atoms with E-state index in [-0.39, 0.29) is 5.70 Å². The number of nitrogens with one attached hydrogen (secondary N) is 2. The van der Waals surface area contributed by atoms with Crippen LogP contribution in [-0.4, -0.2) is 18.9 Å². The molecule has 0 aliphatic carbocycles. The number of anilines is 1. The van der Waals surface area contributed by atoms with Gasteiger partial charge in [-0.1, -0.05) is 29.8 Å². The van der Waals surface area contributed by atoms with E-state index in [0.29, 0.717) is 27.6 Å². The fourth-order valence-electron chi connectivity index (χ4n) is 2.69. The lowest BCUT2D eigenvalue weighted by atomic mass is 10.1. The van der Waals surface area contributed by atoms with Crippen LogP contribution < -0.4 is 15.4 Å². The van der Waals surface area contributed by atoms with Crippen LogP contribution in [0.25, 0.3) is 6.08 Å². The van der Waals surface area contributed by atoms with Crippen LogP contribution in [0, 0.1) is 12.7 Å². The molecule has 0 radical (unpaired) electrons. The first-order chi connectivity index (χ1) is 14.9. The molecule has 0 spiro atoms. The van der Waals surface area contributed by atoms with Gasteiger partial charge in [0.1, 0.15) is 17.3 Å². The first-order valence-corrected chi connectivity index (χ1v) is 9.73. The van der Waals surface area contributed by atoms with Crippen molar-refractivity contribution in [3.8, 4) is 5.75 Å². The molecule has 0 fully saturated rings. The van der Waals surface area contributed by atoms with Crippen molar-refractivity contribution < 1.29 is 18.7 Å². The summed E-state index contributed by atoms with van der Waals surface area (Å²) in [7, 11) is 1.53. The van der Waals surface area contributed by atoms with Crippen LogP contribution in [0.1, 0.15) is 21.5 Å². The van der Waals surface area contributed by atoms with Gasteiger partial charge in [0.25, 0.3) is 11.8 Å². The van der Waals surface area contributed by atoms with E-state index < -0.39 is 17.6 Å². The molecule has 0 atom stereocenters. The third-order valence-electron chi connectivity index (χ3n) is 4.46. The Morgan fingerprint density at radius 1 is 1.00 bits per heavy atom. The van der Waals surface area contributed by atoms with Crippen molar-refractivity contribution >= 4 is 35.2 Å². The third-order valence-corrected chi connectivity index (χ3v) is 4.86. The van der Waals surface area contributed by atoms with Gasteiger partial charge in [-0.15, -0.1) is 0 Å². The number of hydrogen-bond acceptors (Lipinski definition) is 3. The van der Waals surface area contributed by atoms with Crippen LogP contribution in [0.2, 0.25) is 5.02 Å². The summed E-state index contributed by atoms with van der Waals surface area (Å²) in [5.41, 5.74) is 2.23. The van der Waals surface area contributed by atoms with Crippen molar-refractivity contribution in [1.29, 1.82) is 0 Å². The molecule has 5 nitrogen and oxygen atoms in total. The lowest BCUT2D eigenvalue weighted by Gasteiger charge is -2.12. The fraction of sp³-hybridized carbons (Fsp3) is 0.0833. The van der Waals surface area contributed by atoms with E-state index in [4.69, 9.17) is 16.3 Å². The Kier molecular flexibility index (Phi) is 7.05. The predicted molar refractivity (Wildman–Crippen MR) is 120 cm³/mol. The molecule has 0 heterocycles. The molecule has 0 saturated carbocycles. The predicted octanol–water partition coefficient (Wildman–Crippen LogP) is 5.21. The second-order valence-corrected chi connectivity index (χ2v) is 7.12. The van der Waals surface area contributed by atoms with E-state index in [2.05, 4.69) is 10.6 Å². The minimum absolute atomic E-state index is 0.0101. The van der Waals surface area contributed by atoms with E-state index in [1.54, 1.807) is 42.5 Å². The Labute approximate surface area is 184 Å². The number of benzene rings is 3. The van der Waals surface area contributed by atoms with Crippen molar-refractivity contribution in [1.82, 2.24) is 5.32 Å². The zero-order valence-corrected chi connectivity index (χ0v) is 17.7. The van der Waals surface area contributed by atoms with E-state index in [9.17, 15) is 14.0 Å². The first-order valence-electron chi connectivity index (χ1n) is 9.36. The molecule has 0 aliphatic rings. The molecular weight excluding hydrogens is 419 g/mol. The maximum atomic E-state index is 13.2. The number of carbonyl (C=O) groups excluding carboxylic acids is 2. The van der Waals surface area contributed by atoms with Gasteiger partial charge >= 0.3 is 0 Å². The van der Waals surface area contributed by atoms with Gasteiger partial charge < -0.3 is 15.4 Å². The van der Waals surface area contributed by atoms with E-state index >= 15 is 0 Å². The topological polar surface area (TPSA) is 67.4 Å². The molecule has 2 amide bonds. The summed E-state index contributed by atoms with van der Waals surface area (Å²) in [6.07, 6.45) is 1.46. The number of carbonyl (C=O) groups is 2. The number of rotatable bonds is 6. The van der Waals surface area contributed by atoms with Gasteiger partial charge in [0.15, 0.2) is 0 Å². The first kappa shape index (κ1) is 22.1. The number of methoxy groups -OCH3 is 1. The molecule has 7 heteroatoms. The van der Waals surface area contributed by atoms with Gasteiger partial charge in [-0.2, -0.15) is 0 Å². The number of aryl methyl sites for hydroxylation is 1. The summed E-state index contributed by atoms with van der Waals surface area (Å²) in [5, 5.41) is 5.84. The molecule has 2 N–H and O–H groups in total. The van der Waals surface area contributed by atoms with Crippen molar-refractivity contribution in [2.24, 2.45) is 0 Å². The zero-order valence-electron chi connectivity index (χ0n) is 16.9. The minimum atomic E-state index is -0.550. The molecule has 3 aromatic rings. The molecule has 0 unspecified atom stereocenters. The van der Waals surface area contributed by atoms with Crippen molar-refractivity contribution in [2.75, 3.05) is 12.4 Å². The number of halogens is 2. The Bertz CT molecular complexity index is 1130. The normalized spacial score (nSPS) is 11.0. The maximum absolute atomic E-state index is 13.2. The molecule has 3 aromatic carbocycles. The molecule has 0 aromatic heterocycles. The quantitative estimate of drug-likeness (QED) is 0.519. The fourth-order valence-corrected chi connectivity index (χ4v) is 2.87. The van der Waals surface area contributed by atoms with E-state index in [1.165, 1.54) is 37.5 Å². The van der Waals surface area contributed by atoms with Crippen molar-refractivity contribution in [2.45, 2.75) is 6.92 Å². The highest BCUT2D eigenvalue weighted by atomic mass is 35.5. The smallest absolute Gasteiger partial charge is 0.272 e. The highest BCUT2D eigenvalue weighted by Gasteiger charge is 2.16. The lowest BCUT2D eigenvalue weighted by Crippen LogP contribution is -2.30. The summed E-state index contributed by atoms with van der Waals surface area (Å²) < 4.78 is 18.3. The van der Waals surface area contributed by atoms with Crippen molar-refractivity contribution in [3.63, 3.8) is 0 Å². The summed E-state index contributed by atoms with van der Waals surface area (Å²) in [5.74, 6) is -0.827. The van der Waals surface area contributed by atoms with Crippen LogP contribution in [0.3, 0.4) is 0 Å². The zero-order chi connectivity index (χ0) is 22.4. The van der Waals surface area contributed by atoms with Crippen LogP contribution >= 0.6 is 11.6 Å². The van der Waals surface area contributed by atoms with Crippen LogP contribution in [-0.2, 0) is 4.79 Å². The average Bonchev–Trinajstić information content (AvgIpc) is 2.77. The summed E-state index contributed by atoms with van der Waals surface area (Å²) in [6, 6.07) is 17.1. The highest BCUT2D eigenvalue weighted by molar-refractivity contribution is 6.31. The van der Waals surface area contributed by atoms with Crippen molar-refractivity contribution in [3.05, 3.63) is 100.0 Å². The third kappa shape index (κ3) is 5.93. The minimum Gasteiger partial charge on any atom is -0.497 e. The van der Waals surface area contributed by atoms with Crippen LogP contribution in [0.15, 0.2) is 72.4 Å². The summed E-state index contributed by atoms with van der Waals surface area (Å²) in [4.78, 5) is 25.6. The van der Waals surface area contributed by atoms with Gasteiger partial charge in [0, 0.05) is 16.3 Å².